The topological polar surface area (TPSA) is 124 Å². The summed E-state index contributed by atoms with van der Waals surface area (Å²) in [5.41, 5.74) is 0. The van der Waals surface area contributed by atoms with Gasteiger partial charge >= 0.3 is 11.9 Å². The molecule has 0 aliphatic carbocycles. The van der Waals surface area contributed by atoms with Crippen molar-refractivity contribution in [2.75, 3.05) is 47.5 Å². The maximum Gasteiger partial charge on any atom is 0.306 e. The standard InChI is InChI=1S/C48H84NO9P/c1-6-8-10-11-12-13-14-15-16-17-18-19-20-24-27-30-34-38-47(50)54-42-44(43-56-59(52,53)55-41-40-49(3,4)5)57-48(51)39-35-31-28-25-22-21-23-26-29-33-37-46-45(58-46)36-32-9-7-2/h12-13,15-16,21,23,25,28-29,33,44-46H,6-11,14,17-20,22,24,26-27,30-32,34-43H2,1-5H3/b13-12-,16-15-,23-21-,28-25-,33-29-/t44-,45?,46?/m1/s1. The molecule has 1 saturated heterocycles. The fraction of sp³-hybridized carbons (Fsp3) is 0.750. The Bertz CT molecular complexity index is 1260. The molecule has 10 nitrogen and oxygen atoms in total. The van der Waals surface area contributed by atoms with Crippen LogP contribution >= 0.6 is 7.82 Å². The number of likely N-dealkylation sites (N-methyl/N-ethyl adjacent to an activating group) is 1. The average Bonchev–Trinajstić information content (AvgIpc) is 3.94. The van der Waals surface area contributed by atoms with E-state index >= 15 is 0 Å². The minimum Gasteiger partial charge on any atom is -0.756 e. The number of phosphoric ester groups is 1. The number of carbonyl (C=O) groups excluding carboxylic acids is 2. The van der Waals surface area contributed by atoms with Crippen LogP contribution in [0.5, 0.6) is 0 Å². The van der Waals surface area contributed by atoms with Gasteiger partial charge in [0, 0.05) is 12.8 Å². The fourth-order valence-corrected chi connectivity index (χ4v) is 6.91. The van der Waals surface area contributed by atoms with Gasteiger partial charge in [-0.15, -0.1) is 0 Å². The number of carbonyl (C=O) groups is 2. The smallest absolute Gasteiger partial charge is 0.306 e. The minimum absolute atomic E-state index is 0.0470. The van der Waals surface area contributed by atoms with Crippen LogP contribution in [0.1, 0.15) is 168 Å². The van der Waals surface area contributed by atoms with Crippen LogP contribution in [-0.2, 0) is 37.4 Å². The highest BCUT2D eigenvalue weighted by Crippen LogP contribution is 2.38. The highest BCUT2D eigenvalue weighted by atomic mass is 31.2. The summed E-state index contributed by atoms with van der Waals surface area (Å²) in [7, 11) is 1.11. The first-order valence-electron chi connectivity index (χ1n) is 23.1. The number of ether oxygens (including phenoxy) is 3. The SMILES string of the molecule is CCCCC/C=C\C/C=C\CCCCCCCCCC(=O)OC[C@H](COP(=O)([O-])OCC[N+](C)(C)C)OC(=O)CCC/C=C\C/C=C\C/C=C\CC1OC1CCCCC. The van der Waals surface area contributed by atoms with Crippen LogP contribution in [0.4, 0.5) is 0 Å². The summed E-state index contributed by atoms with van der Waals surface area (Å²) in [4.78, 5) is 37.6. The van der Waals surface area contributed by atoms with Crippen molar-refractivity contribution in [3.05, 3.63) is 60.8 Å². The predicted octanol–water partition coefficient (Wildman–Crippen LogP) is 11.6. The molecule has 0 aromatic carbocycles. The van der Waals surface area contributed by atoms with Crippen molar-refractivity contribution in [1.82, 2.24) is 0 Å². The van der Waals surface area contributed by atoms with Crippen molar-refractivity contribution in [2.45, 2.75) is 186 Å². The molecule has 0 amide bonds. The van der Waals surface area contributed by atoms with Crippen molar-refractivity contribution < 1.29 is 46.8 Å². The van der Waals surface area contributed by atoms with Gasteiger partial charge in [-0.1, -0.05) is 139 Å². The van der Waals surface area contributed by atoms with Crippen LogP contribution in [0.3, 0.4) is 0 Å². The molecule has 0 spiro atoms. The Morgan fingerprint density at radius 2 is 1.15 bits per heavy atom. The number of hydrogen-bond donors (Lipinski definition) is 0. The van der Waals surface area contributed by atoms with Crippen LogP contribution in [0.25, 0.3) is 0 Å². The largest absolute Gasteiger partial charge is 0.756 e. The van der Waals surface area contributed by atoms with Gasteiger partial charge in [0.1, 0.15) is 19.8 Å². The van der Waals surface area contributed by atoms with Gasteiger partial charge in [0.25, 0.3) is 7.82 Å². The average molecular weight is 850 g/mol. The molecule has 0 aromatic heterocycles. The molecule has 340 valence electrons. The second kappa shape index (κ2) is 36.3. The molecule has 1 aliphatic rings. The van der Waals surface area contributed by atoms with Crippen molar-refractivity contribution >= 4 is 19.8 Å². The van der Waals surface area contributed by atoms with Gasteiger partial charge in [-0.05, 0) is 77.0 Å². The third-order valence-corrected chi connectivity index (χ3v) is 10.9. The second-order valence-electron chi connectivity index (χ2n) is 16.8. The molecule has 0 saturated carbocycles. The number of unbranched alkanes of at least 4 members (excludes halogenated alkanes) is 13. The molecule has 0 N–H and O–H groups in total. The van der Waals surface area contributed by atoms with Crippen molar-refractivity contribution in [2.24, 2.45) is 0 Å². The van der Waals surface area contributed by atoms with Crippen LogP contribution in [-0.4, -0.2) is 82.2 Å². The zero-order valence-corrected chi connectivity index (χ0v) is 38.8. The van der Waals surface area contributed by atoms with Gasteiger partial charge < -0.3 is 32.6 Å². The highest BCUT2D eigenvalue weighted by molar-refractivity contribution is 7.45. The lowest BCUT2D eigenvalue weighted by molar-refractivity contribution is -0.870. The molecule has 1 heterocycles. The number of epoxide rings is 1. The number of hydrogen-bond acceptors (Lipinski definition) is 9. The Kier molecular flexibility index (Phi) is 33.7. The first-order valence-corrected chi connectivity index (χ1v) is 24.6. The Balaban J connectivity index is 2.31. The van der Waals surface area contributed by atoms with E-state index in [1.807, 2.05) is 27.2 Å². The normalized spacial score (nSPS) is 17.5. The molecule has 3 unspecified atom stereocenters. The minimum atomic E-state index is -4.65. The number of allylic oxidation sites excluding steroid dienone is 9. The summed E-state index contributed by atoms with van der Waals surface area (Å²) in [6.07, 6.45) is 45.7. The van der Waals surface area contributed by atoms with E-state index in [0.29, 0.717) is 42.5 Å². The zero-order chi connectivity index (χ0) is 43.3. The summed E-state index contributed by atoms with van der Waals surface area (Å²) in [6, 6.07) is 0. The number of nitrogens with zero attached hydrogens (tertiary/aromatic N) is 1. The summed E-state index contributed by atoms with van der Waals surface area (Å²) >= 11 is 0. The lowest BCUT2D eigenvalue weighted by atomic mass is 10.1. The number of rotatable bonds is 40. The van der Waals surface area contributed by atoms with Gasteiger partial charge in [0.15, 0.2) is 6.10 Å². The van der Waals surface area contributed by atoms with Crippen LogP contribution in [0, 0.1) is 0 Å². The highest BCUT2D eigenvalue weighted by Gasteiger charge is 2.36. The van der Waals surface area contributed by atoms with Gasteiger partial charge in [0.05, 0.1) is 40.0 Å². The molecule has 0 aromatic rings. The molecule has 1 fully saturated rings. The lowest BCUT2D eigenvalue weighted by Crippen LogP contribution is -2.37. The number of quaternary nitrogens is 1. The Labute approximate surface area is 360 Å². The summed E-state index contributed by atoms with van der Waals surface area (Å²) in [5.74, 6) is -0.917. The van der Waals surface area contributed by atoms with Gasteiger partial charge in [0.2, 0.25) is 0 Å². The van der Waals surface area contributed by atoms with Crippen molar-refractivity contribution in [1.29, 1.82) is 0 Å². The van der Waals surface area contributed by atoms with Crippen LogP contribution in [0.2, 0.25) is 0 Å². The maximum atomic E-state index is 12.7. The van der Waals surface area contributed by atoms with Crippen LogP contribution in [0.15, 0.2) is 60.8 Å². The molecule has 59 heavy (non-hydrogen) atoms. The maximum absolute atomic E-state index is 12.7. The number of phosphoric acid groups is 1. The van der Waals surface area contributed by atoms with Gasteiger partial charge in [-0.3, -0.25) is 14.2 Å². The first-order chi connectivity index (χ1) is 28.5. The molecular formula is C48H84NO9P. The Hall–Kier alpha value is -2.33. The second-order valence-corrected chi connectivity index (χ2v) is 18.2. The molecule has 11 heteroatoms. The van der Waals surface area contributed by atoms with Gasteiger partial charge in [-0.25, -0.2) is 0 Å². The summed E-state index contributed by atoms with van der Waals surface area (Å²) in [6.45, 7) is 4.08. The van der Waals surface area contributed by atoms with E-state index in [2.05, 4.69) is 68.5 Å². The third-order valence-electron chi connectivity index (χ3n) is 9.93. The predicted molar refractivity (Wildman–Crippen MR) is 240 cm³/mol. The van der Waals surface area contributed by atoms with E-state index in [9.17, 15) is 19.0 Å². The lowest BCUT2D eigenvalue weighted by Gasteiger charge is -2.28. The molecular weight excluding hydrogens is 765 g/mol. The van der Waals surface area contributed by atoms with Crippen molar-refractivity contribution in [3.63, 3.8) is 0 Å². The fourth-order valence-electron chi connectivity index (χ4n) is 6.18. The van der Waals surface area contributed by atoms with Crippen molar-refractivity contribution in [3.8, 4) is 0 Å². The van der Waals surface area contributed by atoms with E-state index in [4.69, 9.17) is 23.3 Å². The molecule has 0 radical (unpaired) electrons. The van der Waals surface area contributed by atoms with E-state index in [0.717, 1.165) is 51.4 Å². The van der Waals surface area contributed by atoms with E-state index in [1.54, 1.807) is 0 Å². The van der Waals surface area contributed by atoms with Crippen LogP contribution < -0.4 is 4.89 Å². The summed E-state index contributed by atoms with van der Waals surface area (Å²) in [5, 5.41) is 0. The molecule has 0 bridgehead atoms. The van der Waals surface area contributed by atoms with Gasteiger partial charge in [-0.2, -0.15) is 0 Å². The third kappa shape index (κ3) is 37.2. The summed E-state index contributed by atoms with van der Waals surface area (Å²) < 4.78 is 39.6. The number of esters is 2. The van der Waals surface area contributed by atoms with E-state index in [1.165, 1.54) is 70.6 Å². The molecule has 1 aliphatic heterocycles. The Morgan fingerprint density at radius 3 is 1.78 bits per heavy atom. The van der Waals surface area contributed by atoms with E-state index in [-0.39, 0.29) is 26.1 Å². The van der Waals surface area contributed by atoms with E-state index < -0.39 is 32.5 Å². The zero-order valence-electron chi connectivity index (χ0n) is 37.9. The first kappa shape index (κ1) is 54.7. The quantitative estimate of drug-likeness (QED) is 0.0148. The molecule has 4 atom stereocenters. The monoisotopic (exact) mass is 850 g/mol. The molecule has 1 rings (SSSR count). The Morgan fingerprint density at radius 1 is 0.627 bits per heavy atom.